The normalized spacial score (nSPS) is 16.7. The number of nitrogens with zero attached hydrogens (tertiary/aromatic N) is 1. The van der Waals surface area contributed by atoms with Crippen LogP contribution in [0.3, 0.4) is 0 Å². The second-order valence-corrected chi connectivity index (χ2v) is 3.48. The van der Waals surface area contributed by atoms with Gasteiger partial charge in [-0.3, -0.25) is 4.98 Å². The summed E-state index contributed by atoms with van der Waals surface area (Å²) in [5, 5.41) is 0. The lowest BCUT2D eigenvalue weighted by Gasteiger charge is -2.26. The first kappa shape index (κ1) is 8.35. The van der Waals surface area contributed by atoms with Crippen molar-refractivity contribution in [2.24, 2.45) is 0 Å². The van der Waals surface area contributed by atoms with E-state index in [-0.39, 0.29) is 0 Å². The Kier molecular flexibility index (Phi) is 2.08. The molecule has 0 radical (unpaired) electrons. The molecule has 0 aromatic carbocycles. The summed E-state index contributed by atoms with van der Waals surface area (Å²) in [7, 11) is 1.67. The van der Waals surface area contributed by atoms with Gasteiger partial charge >= 0.3 is 0 Å². The zero-order valence-corrected chi connectivity index (χ0v) is 7.79. The Morgan fingerprint density at radius 3 is 2.85 bits per heavy atom. The molecule has 70 valence electrons. The quantitative estimate of drug-likeness (QED) is 0.752. The fraction of sp³-hybridized carbons (Fsp3) is 0.500. The summed E-state index contributed by atoms with van der Waals surface area (Å²) in [6.45, 7) is 0. The summed E-state index contributed by atoms with van der Waals surface area (Å²) in [4.78, 5) is 4.32. The van der Waals surface area contributed by atoms with E-state index >= 15 is 0 Å². The highest BCUT2D eigenvalue weighted by atomic mass is 16.5. The predicted molar refractivity (Wildman–Crippen MR) is 51.8 cm³/mol. The predicted octanol–water partition coefficient (Wildman–Crippen LogP) is 1.94. The Labute approximate surface area is 77.9 Å². The Balaban J connectivity index is 2.32. The van der Waals surface area contributed by atoms with Crippen LogP contribution in [0.4, 0.5) is 5.69 Å². The average molecular weight is 178 g/mol. The zero-order valence-electron chi connectivity index (χ0n) is 7.79. The molecule has 1 aromatic rings. The molecule has 2 rings (SSSR count). The third-order valence-electron chi connectivity index (χ3n) is 2.61. The maximum atomic E-state index is 5.62. The number of nitrogens with two attached hydrogens (primary N) is 1. The fourth-order valence-corrected chi connectivity index (χ4v) is 1.62. The molecule has 2 N–H and O–H groups in total. The SMILES string of the molecule is COc1cc(N)cnc1C1CCC1. The van der Waals surface area contributed by atoms with Gasteiger partial charge in [-0.2, -0.15) is 0 Å². The molecular weight excluding hydrogens is 164 g/mol. The molecule has 0 aliphatic heterocycles. The number of aromatic nitrogens is 1. The number of hydrogen-bond acceptors (Lipinski definition) is 3. The molecule has 0 bridgehead atoms. The van der Waals surface area contributed by atoms with Gasteiger partial charge in [-0.25, -0.2) is 0 Å². The highest BCUT2D eigenvalue weighted by molar-refractivity contribution is 5.45. The van der Waals surface area contributed by atoms with Gasteiger partial charge < -0.3 is 10.5 Å². The number of hydrogen-bond donors (Lipinski definition) is 1. The van der Waals surface area contributed by atoms with Gasteiger partial charge in [-0.15, -0.1) is 0 Å². The van der Waals surface area contributed by atoms with Crippen molar-refractivity contribution in [3.8, 4) is 5.75 Å². The number of nitrogen functional groups attached to an aromatic ring is 1. The molecule has 1 aliphatic carbocycles. The Bertz CT molecular complexity index is 308. The molecule has 1 heterocycles. The molecular formula is C10H14N2O. The average Bonchev–Trinajstić information content (AvgIpc) is 2.05. The maximum Gasteiger partial charge on any atom is 0.142 e. The largest absolute Gasteiger partial charge is 0.495 e. The Hall–Kier alpha value is -1.25. The minimum atomic E-state index is 0.593. The van der Waals surface area contributed by atoms with E-state index in [0.717, 1.165) is 11.4 Å². The molecule has 3 nitrogen and oxygen atoms in total. The number of methoxy groups -OCH3 is 1. The van der Waals surface area contributed by atoms with Gasteiger partial charge in [0.15, 0.2) is 0 Å². The van der Waals surface area contributed by atoms with Crippen molar-refractivity contribution < 1.29 is 4.74 Å². The van der Waals surface area contributed by atoms with Gasteiger partial charge in [0.05, 0.1) is 24.7 Å². The van der Waals surface area contributed by atoms with Crippen LogP contribution in [0.5, 0.6) is 5.75 Å². The first-order valence-electron chi connectivity index (χ1n) is 4.60. The van der Waals surface area contributed by atoms with E-state index in [1.165, 1.54) is 19.3 Å². The summed E-state index contributed by atoms with van der Waals surface area (Å²) >= 11 is 0. The minimum Gasteiger partial charge on any atom is -0.495 e. The molecule has 1 saturated carbocycles. The van der Waals surface area contributed by atoms with E-state index in [4.69, 9.17) is 10.5 Å². The molecule has 1 aromatic heterocycles. The first-order chi connectivity index (χ1) is 6.31. The van der Waals surface area contributed by atoms with Crippen LogP contribution in [0.25, 0.3) is 0 Å². The van der Waals surface area contributed by atoms with E-state index in [2.05, 4.69) is 4.98 Å². The van der Waals surface area contributed by atoms with E-state index in [1.54, 1.807) is 13.3 Å². The van der Waals surface area contributed by atoms with Gasteiger partial charge in [0.2, 0.25) is 0 Å². The molecule has 0 spiro atoms. The van der Waals surface area contributed by atoms with E-state index in [0.29, 0.717) is 11.6 Å². The van der Waals surface area contributed by atoms with E-state index < -0.39 is 0 Å². The van der Waals surface area contributed by atoms with Crippen LogP contribution in [-0.2, 0) is 0 Å². The lowest BCUT2D eigenvalue weighted by Crippen LogP contribution is -2.12. The fourth-order valence-electron chi connectivity index (χ4n) is 1.62. The molecule has 1 fully saturated rings. The lowest BCUT2D eigenvalue weighted by molar-refractivity contribution is 0.366. The molecule has 3 heteroatoms. The lowest BCUT2D eigenvalue weighted by atomic mass is 9.82. The summed E-state index contributed by atoms with van der Waals surface area (Å²) in [5.41, 5.74) is 7.36. The number of ether oxygens (including phenoxy) is 1. The molecule has 0 unspecified atom stereocenters. The third-order valence-corrected chi connectivity index (χ3v) is 2.61. The monoisotopic (exact) mass is 178 g/mol. The van der Waals surface area contributed by atoms with Crippen molar-refractivity contribution in [1.82, 2.24) is 4.98 Å². The van der Waals surface area contributed by atoms with Crippen molar-refractivity contribution in [2.45, 2.75) is 25.2 Å². The van der Waals surface area contributed by atoms with Gasteiger partial charge in [0, 0.05) is 12.0 Å². The Morgan fingerprint density at radius 1 is 1.54 bits per heavy atom. The highest BCUT2D eigenvalue weighted by Gasteiger charge is 2.24. The molecule has 0 atom stereocenters. The van der Waals surface area contributed by atoms with Crippen LogP contribution in [0, 0.1) is 0 Å². The molecule has 0 saturated heterocycles. The molecule has 0 amide bonds. The zero-order chi connectivity index (χ0) is 9.26. The number of pyridine rings is 1. The van der Waals surface area contributed by atoms with Crippen LogP contribution >= 0.6 is 0 Å². The van der Waals surface area contributed by atoms with Crippen molar-refractivity contribution >= 4 is 5.69 Å². The second kappa shape index (κ2) is 3.24. The van der Waals surface area contributed by atoms with Gasteiger partial charge in [0.1, 0.15) is 5.75 Å². The topological polar surface area (TPSA) is 48.1 Å². The van der Waals surface area contributed by atoms with Gasteiger partial charge in [-0.05, 0) is 12.8 Å². The van der Waals surface area contributed by atoms with Crippen LogP contribution in [-0.4, -0.2) is 12.1 Å². The Morgan fingerprint density at radius 2 is 2.31 bits per heavy atom. The standard InChI is InChI=1S/C10H14N2O/c1-13-9-5-8(11)6-12-10(9)7-3-2-4-7/h5-7H,2-4,11H2,1H3. The van der Waals surface area contributed by atoms with E-state index in [1.807, 2.05) is 6.07 Å². The van der Waals surface area contributed by atoms with Gasteiger partial charge in [-0.1, -0.05) is 6.42 Å². The molecule has 1 aliphatic rings. The van der Waals surface area contributed by atoms with Crippen LogP contribution in [0.2, 0.25) is 0 Å². The smallest absolute Gasteiger partial charge is 0.142 e. The van der Waals surface area contributed by atoms with E-state index in [9.17, 15) is 0 Å². The number of rotatable bonds is 2. The molecule has 13 heavy (non-hydrogen) atoms. The van der Waals surface area contributed by atoms with Crippen LogP contribution in [0.1, 0.15) is 30.9 Å². The third kappa shape index (κ3) is 1.46. The number of anilines is 1. The van der Waals surface area contributed by atoms with Crippen molar-refractivity contribution in [3.63, 3.8) is 0 Å². The van der Waals surface area contributed by atoms with Crippen molar-refractivity contribution in [1.29, 1.82) is 0 Å². The summed E-state index contributed by atoms with van der Waals surface area (Å²) in [5.74, 6) is 1.43. The summed E-state index contributed by atoms with van der Waals surface area (Å²) < 4.78 is 5.24. The van der Waals surface area contributed by atoms with Crippen molar-refractivity contribution in [3.05, 3.63) is 18.0 Å². The summed E-state index contributed by atoms with van der Waals surface area (Å²) in [6, 6.07) is 1.85. The van der Waals surface area contributed by atoms with Crippen LogP contribution in [0.15, 0.2) is 12.3 Å². The van der Waals surface area contributed by atoms with Crippen LogP contribution < -0.4 is 10.5 Å². The van der Waals surface area contributed by atoms with Crippen molar-refractivity contribution in [2.75, 3.05) is 12.8 Å². The van der Waals surface area contributed by atoms with Gasteiger partial charge in [0.25, 0.3) is 0 Å². The maximum absolute atomic E-state index is 5.62. The second-order valence-electron chi connectivity index (χ2n) is 3.48. The highest BCUT2D eigenvalue weighted by Crippen LogP contribution is 2.39. The first-order valence-corrected chi connectivity index (χ1v) is 4.60. The summed E-state index contributed by atoms with van der Waals surface area (Å²) in [6.07, 6.45) is 5.47. The minimum absolute atomic E-state index is 0.593.